The number of rotatable bonds is 8. The number of thioether (sulfide) groups is 1. The Hall–Kier alpha value is -2.58. The summed E-state index contributed by atoms with van der Waals surface area (Å²) in [5.41, 5.74) is 4.01. The van der Waals surface area contributed by atoms with Crippen molar-refractivity contribution in [2.75, 3.05) is 20.3 Å². The van der Waals surface area contributed by atoms with E-state index in [0.717, 1.165) is 34.8 Å². The molecule has 0 bridgehead atoms. The molecule has 2 aliphatic heterocycles. The molecule has 0 aromatic heterocycles. The number of hydrogen-bond acceptors (Lipinski definition) is 7. The highest BCUT2D eigenvalue weighted by molar-refractivity contribution is 8.16. The molecule has 2 heterocycles. The van der Waals surface area contributed by atoms with E-state index in [4.69, 9.17) is 9.47 Å². The van der Waals surface area contributed by atoms with Crippen molar-refractivity contribution in [3.63, 3.8) is 0 Å². The number of aliphatic imine (C=N–C) groups is 1. The fourth-order valence-electron chi connectivity index (χ4n) is 3.78. The Kier molecular flexibility index (Phi) is 6.48. The van der Waals surface area contributed by atoms with Gasteiger partial charge < -0.3 is 19.7 Å². The SMILES string of the molecule is COCCOC(=O)C1=C(C)N=C2SC=C(CC(=O)NC3CC3)N2[C@H]1c1ccccc1C. The molecule has 1 aromatic carbocycles. The van der Waals surface area contributed by atoms with Crippen LogP contribution in [0.4, 0.5) is 0 Å². The minimum absolute atomic E-state index is 0.00497. The Morgan fingerprint density at radius 1 is 1.23 bits per heavy atom. The topological polar surface area (TPSA) is 80.2 Å². The zero-order valence-electron chi connectivity index (χ0n) is 18.0. The van der Waals surface area contributed by atoms with Crippen LogP contribution in [0, 0.1) is 6.92 Å². The number of aryl methyl sites for hydroxylation is 1. The summed E-state index contributed by atoms with van der Waals surface area (Å²) in [5.74, 6) is -0.418. The zero-order chi connectivity index (χ0) is 22.0. The van der Waals surface area contributed by atoms with Crippen molar-refractivity contribution in [3.05, 3.63) is 57.8 Å². The Labute approximate surface area is 186 Å². The highest BCUT2D eigenvalue weighted by Gasteiger charge is 2.41. The highest BCUT2D eigenvalue weighted by atomic mass is 32.2. The smallest absolute Gasteiger partial charge is 0.338 e. The first-order chi connectivity index (χ1) is 15.0. The summed E-state index contributed by atoms with van der Waals surface area (Å²) in [6, 6.07) is 7.88. The maximum Gasteiger partial charge on any atom is 0.338 e. The van der Waals surface area contributed by atoms with Gasteiger partial charge in [-0.05, 0) is 43.2 Å². The first-order valence-corrected chi connectivity index (χ1v) is 11.3. The minimum Gasteiger partial charge on any atom is -0.460 e. The van der Waals surface area contributed by atoms with Crippen LogP contribution in [0.1, 0.15) is 43.4 Å². The lowest BCUT2D eigenvalue weighted by molar-refractivity contribution is -0.141. The van der Waals surface area contributed by atoms with Crippen LogP contribution in [0.3, 0.4) is 0 Å². The molecular weight excluding hydrogens is 414 g/mol. The van der Waals surface area contributed by atoms with Crippen molar-refractivity contribution in [1.82, 2.24) is 10.2 Å². The standard InChI is InChI=1S/C23H27N3O4S/c1-14-6-4-5-7-18(14)21-20(22(28)30-11-10-29-3)15(2)24-23-26(21)17(13-31-23)12-19(27)25-16-8-9-16/h4-7,13,16,21H,8-12H2,1-3H3,(H,25,27)/t21-/m0/s1. The lowest BCUT2D eigenvalue weighted by Crippen LogP contribution is -2.38. The predicted molar refractivity (Wildman–Crippen MR) is 120 cm³/mol. The fraction of sp³-hybridized carbons (Fsp3) is 0.435. The van der Waals surface area contributed by atoms with Gasteiger partial charge in [0.1, 0.15) is 6.61 Å². The van der Waals surface area contributed by atoms with Gasteiger partial charge >= 0.3 is 5.97 Å². The number of amidine groups is 1. The van der Waals surface area contributed by atoms with Gasteiger partial charge in [-0.2, -0.15) is 0 Å². The Morgan fingerprint density at radius 2 is 2.00 bits per heavy atom. The number of esters is 1. The summed E-state index contributed by atoms with van der Waals surface area (Å²) in [7, 11) is 1.57. The number of amides is 1. The average Bonchev–Trinajstić information content (AvgIpc) is 3.46. The van der Waals surface area contributed by atoms with Crippen molar-refractivity contribution in [3.8, 4) is 0 Å². The van der Waals surface area contributed by atoms with Crippen LogP contribution in [0.15, 0.2) is 51.6 Å². The van der Waals surface area contributed by atoms with Crippen LogP contribution >= 0.6 is 11.8 Å². The van der Waals surface area contributed by atoms with E-state index in [1.807, 2.05) is 48.4 Å². The molecule has 0 saturated heterocycles. The van der Waals surface area contributed by atoms with E-state index in [0.29, 0.717) is 23.9 Å². The Morgan fingerprint density at radius 3 is 2.71 bits per heavy atom. The lowest BCUT2D eigenvalue weighted by atomic mass is 9.91. The van der Waals surface area contributed by atoms with Crippen LogP contribution in [0.5, 0.6) is 0 Å². The van der Waals surface area contributed by atoms with Crippen molar-refractivity contribution in [2.24, 2.45) is 4.99 Å². The maximum atomic E-state index is 13.1. The van der Waals surface area contributed by atoms with Crippen molar-refractivity contribution < 1.29 is 19.1 Å². The second kappa shape index (κ2) is 9.28. The van der Waals surface area contributed by atoms with Crippen molar-refractivity contribution in [1.29, 1.82) is 0 Å². The molecule has 0 radical (unpaired) electrons. The molecule has 4 rings (SSSR count). The molecule has 8 heteroatoms. The average molecular weight is 442 g/mol. The third-order valence-electron chi connectivity index (χ3n) is 5.51. The van der Waals surface area contributed by atoms with Crippen LogP contribution < -0.4 is 5.32 Å². The van der Waals surface area contributed by atoms with Gasteiger partial charge in [0.05, 0.1) is 30.3 Å². The summed E-state index contributed by atoms with van der Waals surface area (Å²) in [5, 5.41) is 5.78. The highest BCUT2D eigenvalue weighted by Crippen LogP contribution is 2.45. The number of ether oxygens (including phenoxy) is 2. The molecule has 0 unspecified atom stereocenters. The first-order valence-electron chi connectivity index (χ1n) is 10.4. The van der Waals surface area contributed by atoms with Gasteiger partial charge in [-0.25, -0.2) is 9.79 Å². The zero-order valence-corrected chi connectivity index (χ0v) is 18.8. The van der Waals surface area contributed by atoms with Crippen LogP contribution in [0.2, 0.25) is 0 Å². The molecule has 1 fully saturated rings. The number of hydrogen-bond donors (Lipinski definition) is 1. The Bertz CT molecular complexity index is 981. The van der Waals surface area contributed by atoms with E-state index in [2.05, 4.69) is 10.3 Å². The summed E-state index contributed by atoms with van der Waals surface area (Å²) in [6.45, 7) is 4.36. The fourth-order valence-corrected chi connectivity index (χ4v) is 4.75. The number of nitrogens with one attached hydrogen (secondary N) is 1. The number of allylic oxidation sites excluding steroid dienone is 1. The first kappa shape index (κ1) is 21.6. The van der Waals surface area contributed by atoms with E-state index in [-0.39, 0.29) is 18.9 Å². The molecule has 31 heavy (non-hydrogen) atoms. The van der Waals surface area contributed by atoms with Crippen molar-refractivity contribution >= 4 is 28.8 Å². The number of carbonyl (C=O) groups is 2. The maximum absolute atomic E-state index is 13.1. The molecule has 1 N–H and O–H groups in total. The minimum atomic E-state index is -0.413. The molecule has 0 spiro atoms. The molecule has 7 nitrogen and oxygen atoms in total. The number of methoxy groups -OCH3 is 1. The molecule has 164 valence electrons. The number of nitrogens with zero attached hydrogens (tertiary/aromatic N) is 2. The Balaban J connectivity index is 1.68. The van der Waals surface area contributed by atoms with Crippen molar-refractivity contribution in [2.45, 2.75) is 45.2 Å². The number of benzene rings is 1. The molecule has 1 amide bonds. The van der Waals surface area contributed by atoms with Gasteiger partial charge in [0.15, 0.2) is 5.17 Å². The predicted octanol–water partition coefficient (Wildman–Crippen LogP) is 3.43. The molecule has 1 atom stereocenters. The van der Waals surface area contributed by atoms with Crippen LogP contribution in [0.25, 0.3) is 0 Å². The molecule has 1 saturated carbocycles. The molecule has 1 aromatic rings. The summed E-state index contributed by atoms with van der Waals surface area (Å²) in [6.07, 6.45) is 2.33. The number of fused-ring (bicyclic) bond motifs is 1. The quantitative estimate of drug-likeness (QED) is 0.492. The molecular formula is C23H27N3O4S. The summed E-state index contributed by atoms with van der Waals surface area (Å²) < 4.78 is 10.5. The summed E-state index contributed by atoms with van der Waals surface area (Å²) >= 11 is 1.48. The molecule has 3 aliphatic rings. The van der Waals surface area contributed by atoms with Gasteiger partial charge in [-0.3, -0.25) is 4.79 Å². The van der Waals surface area contributed by atoms with Crippen LogP contribution in [-0.2, 0) is 19.1 Å². The second-order valence-corrected chi connectivity index (χ2v) is 8.73. The third kappa shape index (κ3) is 4.70. The summed E-state index contributed by atoms with van der Waals surface area (Å²) in [4.78, 5) is 32.3. The van der Waals surface area contributed by atoms with E-state index in [1.165, 1.54) is 11.8 Å². The number of carbonyl (C=O) groups excluding carboxylic acids is 2. The van der Waals surface area contributed by atoms with E-state index < -0.39 is 12.0 Å². The van der Waals surface area contributed by atoms with Gasteiger partial charge in [0.25, 0.3) is 0 Å². The van der Waals surface area contributed by atoms with Gasteiger partial charge in [-0.1, -0.05) is 36.0 Å². The van der Waals surface area contributed by atoms with Gasteiger partial charge in [0, 0.05) is 18.8 Å². The van der Waals surface area contributed by atoms with Gasteiger partial charge in [-0.15, -0.1) is 0 Å². The van der Waals surface area contributed by atoms with E-state index in [1.54, 1.807) is 7.11 Å². The van der Waals surface area contributed by atoms with E-state index >= 15 is 0 Å². The largest absolute Gasteiger partial charge is 0.460 e. The van der Waals surface area contributed by atoms with E-state index in [9.17, 15) is 9.59 Å². The van der Waals surface area contributed by atoms with Crippen LogP contribution in [-0.4, -0.2) is 48.3 Å². The van der Waals surface area contributed by atoms with Gasteiger partial charge in [0.2, 0.25) is 5.91 Å². The second-order valence-electron chi connectivity index (χ2n) is 7.90. The normalized spacial score (nSPS) is 20.2. The monoisotopic (exact) mass is 441 g/mol. The third-order valence-corrected chi connectivity index (χ3v) is 6.40. The lowest BCUT2D eigenvalue weighted by Gasteiger charge is -2.37. The molecule has 1 aliphatic carbocycles.